The van der Waals surface area contributed by atoms with Gasteiger partial charge >= 0.3 is 0 Å². The third-order valence-electron chi connectivity index (χ3n) is 4.40. The van der Waals surface area contributed by atoms with Gasteiger partial charge in [-0.05, 0) is 49.3 Å². The van der Waals surface area contributed by atoms with Crippen LogP contribution in [0.4, 0.5) is 5.69 Å². The Morgan fingerprint density at radius 1 is 1.33 bits per heavy atom. The number of aryl methyl sites for hydroxylation is 1. The van der Waals surface area contributed by atoms with Crippen molar-refractivity contribution in [3.05, 3.63) is 23.8 Å². The van der Waals surface area contributed by atoms with Crippen LogP contribution in [-0.2, 0) is 16.4 Å². The minimum Gasteiger partial charge on any atom is -0.396 e. The van der Waals surface area contributed by atoms with Crippen molar-refractivity contribution in [3.8, 4) is 0 Å². The quantitative estimate of drug-likeness (QED) is 0.886. The van der Waals surface area contributed by atoms with Crippen molar-refractivity contribution in [1.29, 1.82) is 0 Å². The molecule has 0 aliphatic carbocycles. The number of nitrogens with zero attached hydrogens (tertiary/aromatic N) is 1. The number of benzene rings is 1. The lowest BCUT2D eigenvalue weighted by atomic mass is 10.0. The van der Waals surface area contributed by atoms with Gasteiger partial charge in [0.2, 0.25) is 10.0 Å². The first-order chi connectivity index (χ1) is 10.1. The highest BCUT2D eigenvalue weighted by Gasteiger charge is 2.30. The van der Waals surface area contributed by atoms with Gasteiger partial charge in [0.1, 0.15) is 0 Å². The first-order valence-electron chi connectivity index (χ1n) is 7.59. The molecule has 1 saturated heterocycles. The molecule has 116 valence electrons. The molecule has 2 aliphatic heterocycles. The van der Waals surface area contributed by atoms with E-state index >= 15 is 0 Å². The second kappa shape index (κ2) is 5.94. The number of rotatable bonds is 3. The van der Waals surface area contributed by atoms with Crippen LogP contribution in [0.3, 0.4) is 0 Å². The van der Waals surface area contributed by atoms with Crippen molar-refractivity contribution in [1.82, 2.24) is 4.31 Å². The summed E-state index contributed by atoms with van der Waals surface area (Å²) >= 11 is 0. The number of aliphatic hydroxyl groups excluding tert-OH is 1. The number of anilines is 1. The van der Waals surface area contributed by atoms with Crippen LogP contribution in [-0.4, -0.2) is 44.1 Å². The molecular weight excluding hydrogens is 288 g/mol. The van der Waals surface area contributed by atoms with Crippen LogP contribution in [0, 0.1) is 5.92 Å². The molecule has 1 aromatic carbocycles. The Morgan fingerprint density at radius 3 is 3.00 bits per heavy atom. The molecule has 2 N–H and O–H groups in total. The van der Waals surface area contributed by atoms with Gasteiger partial charge < -0.3 is 10.4 Å². The summed E-state index contributed by atoms with van der Waals surface area (Å²) in [6.45, 7) is 1.91. The van der Waals surface area contributed by atoms with E-state index < -0.39 is 10.0 Å². The summed E-state index contributed by atoms with van der Waals surface area (Å²) in [6, 6.07) is 5.39. The zero-order valence-corrected chi connectivity index (χ0v) is 12.9. The summed E-state index contributed by atoms with van der Waals surface area (Å²) < 4.78 is 27.0. The Kier molecular flexibility index (Phi) is 4.19. The van der Waals surface area contributed by atoms with Crippen LogP contribution in [0.15, 0.2) is 23.1 Å². The van der Waals surface area contributed by atoms with Gasteiger partial charge in [0, 0.05) is 31.9 Å². The van der Waals surface area contributed by atoms with Gasteiger partial charge in [-0.25, -0.2) is 8.42 Å². The highest BCUT2D eigenvalue weighted by molar-refractivity contribution is 7.89. The highest BCUT2D eigenvalue weighted by Crippen LogP contribution is 2.28. The molecule has 2 heterocycles. The van der Waals surface area contributed by atoms with E-state index in [1.807, 2.05) is 6.07 Å². The summed E-state index contributed by atoms with van der Waals surface area (Å²) in [5.41, 5.74) is 2.13. The Bertz CT molecular complexity index is 615. The Morgan fingerprint density at radius 2 is 2.19 bits per heavy atom. The topological polar surface area (TPSA) is 69.6 Å². The van der Waals surface area contributed by atoms with Gasteiger partial charge in [0.05, 0.1) is 4.90 Å². The number of piperidine rings is 1. The molecule has 1 fully saturated rings. The lowest BCUT2D eigenvalue weighted by molar-refractivity contribution is 0.165. The summed E-state index contributed by atoms with van der Waals surface area (Å²) in [5, 5.41) is 12.5. The lowest BCUT2D eigenvalue weighted by Crippen LogP contribution is -2.40. The molecule has 21 heavy (non-hydrogen) atoms. The second-order valence-corrected chi connectivity index (χ2v) is 7.84. The average Bonchev–Trinajstić information content (AvgIpc) is 2.54. The van der Waals surface area contributed by atoms with Crippen LogP contribution in [0.25, 0.3) is 0 Å². The summed E-state index contributed by atoms with van der Waals surface area (Å²) in [7, 11) is -3.46. The first kappa shape index (κ1) is 14.8. The number of hydrogen-bond donors (Lipinski definition) is 2. The molecule has 0 aromatic heterocycles. The van der Waals surface area contributed by atoms with E-state index in [0.717, 1.165) is 37.9 Å². The number of aliphatic hydroxyl groups is 1. The fourth-order valence-corrected chi connectivity index (χ4v) is 4.73. The SMILES string of the molecule is O=S(=O)(c1ccc2c(c1)NCCC2)N1CCCC(CO)C1. The van der Waals surface area contributed by atoms with E-state index in [4.69, 9.17) is 0 Å². The second-order valence-electron chi connectivity index (χ2n) is 5.90. The van der Waals surface area contributed by atoms with Crippen molar-refractivity contribution < 1.29 is 13.5 Å². The molecule has 1 unspecified atom stereocenters. The third-order valence-corrected chi connectivity index (χ3v) is 6.26. The maximum Gasteiger partial charge on any atom is 0.243 e. The summed E-state index contributed by atoms with van der Waals surface area (Å²) in [6.07, 6.45) is 3.80. The van der Waals surface area contributed by atoms with Crippen molar-refractivity contribution >= 4 is 15.7 Å². The molecular formula is C15H22N2O3S. The molecule has 0 bridgehead atoms. The molecule has 1 atom stereocenters. The Labute approximate surface area is 126 Å². The molecule has 0 saturated carbocycles. The highest BCUT2D eigenvalue weighted by atomic mass is 32.2. The molecule has 6 heteroatoms. The third kappa shape index (κ3) is 2.93. The molecule has 0 amide bonds. The number of hydrogen-bond acceptors (Lipinski definition) is 4. The number of fused-ring (bicyclic) bond motifs is 1. The Balaban J connectivity index is 1.87. The van der Waals surface area contributed by atoms with Crippen molar-refractivity contribution in [2.24, 2.45) is 5.92 Å². The van der Waals surface area contributed by atoms with E-state index in [1.165, 1.54) is 9.87 Å². The summed E-state index contributed by atoms with van der Waals surface area (Å²) in [4.78, 5) is 0.356. The van der Waals surface area contributed by atoms with Gasteiger partial charge in [-0.3, -0.25) is 0 Å². The predicted octanol–water partition coefficient (Wildman–Crippen LogP) is 1.44. The molecule has 2 aliphatic rings. The fraction of sp³-hybridized carbons (Fsp3) is 0.600. The van der Waals surface area contributed by atoms with Gasteiger partial charge in [0.25, 0.3) is 0 Å². The normalized spacial score (nSPS) is 23.4. The standard InChI is InChI=1S/C15H22N2O3S/c18-11-12-3-2-8-17(10-12)21(19,20)14-6-5-13-4-1-7-16-15(13)9-14/h5-6,9,12,16,18H,1-4,7-8,10-11H2. The molecule has 0 radical (unpaired) electrons. The molecule has 0 spiro atoms. The predicted molar refractivity (Wildman–Crippen MR) is 81.8 cm³/mol. The van der Waals surface area contributed by atoms with E-state index in [9.17, 15) is 13.5 Å². The zero-order valence-electron chi connectivity index (χ0n) is 12.1. The van der Waals surface area contributed by atoms with Gasteiger partial charge in [-0.1, -0.05) is 6.07 Å². The van der Waals surface area contributed by atoms with E-state index in [1.54, 1.807) is 12.1 Å². The van der Waals surface area contributed by atoms with Crippen LogP contribution in [0.2, 0.25) is 0 Å². The Hall–Kier alpha value is -1.11. The van der Waals surface area contributed by atoms with E-state index in [-0.39, 0.29) is 12.5 Å². The maximum atomic E-state index is 12.8. The van der Waals surface area contributed by atoms with Crippen LogP contribution in [0.1, 0.15) is 24.8 Å². The van der Waals surface area contributed by atoms with Crippen molar-refractivity contribution in [2.45, 2.75) is 30.6 Å². The minimum absolute atomic E-state index is 0.0533. The van der Waals surface area contributed by atoms with Gasteiger partial charge in [-0.15, -0.1) is 0 Å². The van der Waals surface area contributed by atoms with Crippen LogP contribution in [0.5, 0.6) is 0 Å². The monoisotopic (exact) mass is 310 g/mol. The van der Waals surface area contributed by atoms with Gasteiger partial charge in [0.15, 0.2) is 0 Å². The van der Waals surface area contributed by atoms with Gasteiger partial charge in [-0.2, -0.15) is 4.31 Å². The summed E-state index contributed by atoms with van der Waals surface area (Å²) in [5.74, 6) is 0.0595. The minimum atomic E-state index is -3.46. The molecule has 1 aromatic rings. The largest absolute Gasteiger partial charge is 0.396 e. The lowest BCUT2D eigenvalue weighted by Gasteiger charge is -2.31. The van der Waals surface area contributed by atoms with Crippen LogP contribution < -0.4 is 5.32 Å². The fourth-order valence-electron chi connectivity index (χ4n) is 3.14. The van der Waals surface area contributed by atoms with E-state index in [0.29, 0.717) is 18.0 Å². The maximum absolute atomic E-state index is 12.8. The number of sulfonamides is 1. The average molecular weight is 310 g/mol. The van der Waals surface area contributed by atoms with E-state index in [2.05, 4.69) is 5.32 Å². The molecule has 3 rings (SSSR count). The first-order valence-corrected chi connectivity index (χ1v) is 9.03. The van der Waals surface area contributed by atoms with Crippen LogP contribution >= 0.6 is 0 Å². The van der Waals surface area contributed by atoms with Crippen molar-refractivity contribution in [2.75, 3.05) is 31.6 Å². The number of nitrogens with one attached hydrogen (secondary N) is 1. The van der Waals surface area contributed by atoms with Crippen molar-refractivity contribution in [3.63, 3.8) is 0 Å². The smallest absolute Gasteiger partial charge is 0.243 e. The zero-order chi connectivity index (χ0) is 14.9. The molecule has 5 nitrogen and oxygen atoms in total.